The van der Waals surface area contributed by atoms with E-state index in [1.165, 1.54) is 11.1 Å². The number of hydrogen-bond acceptors (Lipinski definition) is 2. The van der Waals surface area contributed by atoms with E-state index < -0.39 is 0 Å². The van der Waals surface area contributed by atoms with E-state index in [9.17, 15) is 4.79 Å². The molecular weight excluding hydrogens is 212 g/mol. The van der Waals surface area contributed by atoms with Crippen molar-refractivity contribution in [1.82, 2.24) is 0 Å². The number of furan rings is 1. The van der Waals surface area contributed by atoms with Crippen LogP contribution in [0.5, 0.6) is 0 Å². The van der Waals surface area contributed by atoms with Crippen molar-refractivity contribution < 1.29 is 9.21 Å². The van der Waals surface area contributed by atoms with Crippen molar-refractivity contribution >= 4 is 5.78 Å². The van der Waals surface area contributed by atoms with Crippen LogP contribution in [-0.2, 0) is 17.6 Å². The average molecular weight is 228 g/mol. The van der Waals surface area contributed by atoms with Crippen molar-refractivity contribution in [3.8, 4) is 0 Å². The van der Waals surface area contributed by atoms with Crippen LogP contribution in [0, 0.1) is 6.92 Å². The molecule has 2 aromatic rings. The van der Waals surface area contributed by atoms with Crippen LogP contribution in [0.1, 0.15) is 23.3 Å². The largest absolute Gasteiger partial charge is 0.469 e. The molecule has 0 aliphatic carbocycles. The van der Waals surface area contributed by atoms with Gasteiger partial charge in [-0.2, -0.15) is 0 Å². The summed E-state index contributed by atoms with van der Waals surface area (Å²) in [6.45, 7) is 2.06. The fraction of sp³-hybridized carbons (Fsp3) is 0.267. The first kappa shape index (κ1) is 11.6. The molecule has 2 rings (SSSR count). The van der Waals surface area contributed by atoms with Gasteiger partial charge in [0.15, 0.2) is 0 Å². The highest BCUT2D eigenvalue weighted by Gasteiger charge is 2.06. The number of Topliss-reactive ketones (excluding diaryl/α,β-unsaturated/α-hetero) is 1. The third-order valence-corrected chi connectivity index (χ3v) is 2.76. The minimum atomic E-state index is 0.223. The highest BCUT2D eigenvalue weighted by molar-refractivity contribution is 5.80. The number of carbonyl (C=O) groups excluding carboxylic acids is 1. The number of aryl methyl sites for hydroxylation is 2. The number of benzene rings is 1. The second kappa shape index (κ2) is 5.48. The van der Waals surface area contributed by atoms with Crippen LogP contribution >= 0.6 is 0 Å². The van der Waals surface area contributed by atoms with E-state index in [0.717, 1.165) is 12.2 Å². The summed E-state index contributed by atoms with van der Waals surface area (Å²) in [5.74, 6) is 0.972. The van der Waals surface area contributed by atoms with Gasteiger partial charge in [-0.05, 0) is 31.0 Å². The first-order valence-corrected chi connectivity index (χ1v) is 5.83. The van der Waals surface area contributed by atoms with E-state index in [2.05, 4.69) is 31.2 Å². The predicted octanol–water partition coefficient (Wildman–Crippen LogP) is 3.33. The highest BCUT2D eigenvalue weighted by Crippen LogP contribution is 2.08. The van der Waals surface area contributed by atoms with E-state index in [4.69, 9.17) is 4.42 Å². The van der Waals surface area contributed by atoms with Gasteiger partial charge in [-0.3, -0.25) is 4.79 Å². The quantitative estimate of drug-likeness (QED) is 0.785. The topological polar surface area (TPSA) is 30.2 Å². The van der Waals surface area contributed by atoms with E-state index >= 15 is 0 Å². The van der Waals surface area contributed by atoms with Gasteiger partial charge in [-0.15, -0.1) is 0 Å². The minimum Gasteiger partial charge on any atom is -0.469 e. The summed E-state index contributed by atoms with van der Waals surface area (Å²) < 4.78 is 5.15. The normalized spacial score (nSPS) is 10.4. The number of ketones is 1. The standard InChI is InChI=1S/C15H16O2/c1-12-4-6-13(7-5-12)8-9-14(16)11-15-3-2-10-17-15/h2-7,10H,8-9,11H2,1H3. The van der Waals surface area contributed by atoms with Gasteiger partial charge < -0.3 is 4.42 Å². The Kier molecular flexibility index (Phi) is 3.76. The Morgan fingerprint density at radius 3 is 2.59 bits per heavy atom. The third kappa shape index (κ3) is 3.59. The predicted molar refractivity (Wildman–Crippen MR) is 66.9 cm³/mol. The van der Waals surface area contributed by atoms with E-state index in [1.54, 1.807) is 6.26 Å². The summed E-state index contributed by atoms with van der Waals surface area (Å²) in [6, 6.07) is 12.0. The van der Waals surface area contributed by atoms with Crippen LogP contribution in [0.15, 0.2) is 47.1 Å². The van der Waals surface area contributed by atoms with Crippen molar-refractivity contribution in [2.45, 2.75) is 26.2 Å². The lowest BCUT2D eigenvalue weighted by Gasteiger charge is -2.01. The lowest BCUT2D eigenvalue weighted by atomic mass is 10.0. The smallest absolute Gasteiger partial charge is 0.140 e. The zero-order valence-corrected chi connectivity index (χ0v) is 9.98. The molecule has 0 bridgehead atoms. The monoisotopic (exact) mass is 228 g/mol. The van der Waals surface area contributed by atoms with Crippen molar-refractivity contribution in [3.63, 3.8) is 0 Å². The van der Waals surface area contributed by atoms with Crippen molar-refractivity contribution in [3.05, 3.63) is 59.5 Å². The van der Waals surface area contributed by atoms with Crippen molar-refractivity contribution in [2.75, 3.05) is 0 Å². The highest BCUT2D eigenvalue weighted by atomic mass is 16.3. The van der Waals surface area contributed by atoms with E-state index in [1.807, 2.05) is 12.1 Å². The van der Waals surface area contributed by atoms with Gasteiger partial charge in [0, 0.05) is 6.42 Å². The molecule has 0 radical (unpaired) electrons. The summed E-state index contributed by atoms with van der Waals surface area (Å²) in [5, 5.41) is 0. The van der Waals surface area contributed by atoms with Gasteiger partial charge in [0.05, 0.1) is 12.7 Å². The Labute approximate surface area is 101 Å². The molecule has 0 amide bonds. The van der Waals surface area contributed by atoms with Gasteiger partial charge in [0.1, 0.15) is 11.5 Å². The molecule has 0 saturated heterocycles. The Bertz CT molecular complexity index is 466. The fourth-order valence-electron chi connectivity index (χ4n) is 1.73. The van der Waals surface area contributed by atoms with Gasteiger partial charge in [0.2, 0.25) is 0 Å². The SMILES string of the molecule is Cc1ccc(CCC(=O)Cc2ccco2)cc1. The maximum Gasteiger partial charge on any atom is 0.140 e. The molecule has 17 heavy (non-hydrogen) atoms. The number of carbonyl (C=O) groups is 1. The van der Waals surface area contributed by atoms with Crippen LogP contribution < -0.4 is 0 Å². The fourth-order valence-corrected chi connectivity index (χ4v) is 1.73. The van der Waals surface area contributed by atoms with Crippen LogP contribution in [0.4, 0.5) is 0 Å². The second-order valence-electron chi connectivity index (χ2n) is 4.28. The maximum absolute atomic E-state index is 11.7. The zero-order chi connectivity index (χ0) is 12.1. The van der Waals surface area contributed by atoms with Crippen LogP contribution in [-0.4, -0.2) is 5.78 Å². The lowest BCUT2D eigenvalue weighted by Crippen LogP contribution is -2.03. The van der Waals surface area contributed by atoms with Gasteiger partial charge in [-0.1, -0.05) is 29.8 Å². The molecule has 2 nitrogen and oxygen atoms in total. The number of rotatable bonds is 5. The maximum atomic E-state index is 11.7. The molecule has 0 N–H and O–H groups in total. The Balaban J connectivity index is 1.82. The first-order chi connectivity index (χ1) is 8.24. The van der Waals surface area contributed by atoms with Crippen LogP contribution in [0.25, 0.3) is 0 Å². The molecule has 0 fully saturated rings. The number of hydrogen-bond donors (Lipinski definition) is 0. The molecule has 1 aromatic carbocycles. The van der Waals surface area contributed by atoms with Gasteiger partial charge in [-0.25, -0.2) is 0 Å². The molecule has 0 spiro atoms. The summed E-state index contributed by atoms with van der Waals surface area (Å²) in [7, 11) is 0. The summed E-state index contributed by atoms with van der Waals surface area (Å²) in [4.78, 5) is 11.7. The molecule has 0 aliphatic rings. The van der Waals surface area contributed by atoms with Crippen LogP contribution in [0.3, 0.4) is 0 Å². The van der Waals surface area contributed by atoms with Crippen LogP contribution in [0.2, 0.25) is 0 Å². The molecule has 1 aromatic heterocycles. The second-order valence-corrected chi connectivity index (χ2v) is 4.28. The van der Waals surface area contributed by atoms with Gasteiger partial charge in [0.25, 0.3) is 0 Å². The molecular formula is C15H16O2. The summed E-state index contributed by atoms with van der Waals surface area (Å²) >= 11 is 0. The van der Waals surface area contributed by atoms with Gasteiger partial charge >= 0.3 is 0 Å². The molecule has 0 atom stereocenters. The lowest BCUT2D eigenvalue weighted by molar-refractivity contribution is -0.118. The Morgan fingerprint density at radius 2 is 1.94 bits per heavy atom. The third-order valence-electron chi connectivity index (χ3n) is 2.76. The molecule has 88 valence electrons. The Morgan fingerprint density at radius 1 is 1.18 bits per heavy atom. The summed E-state index contributed by atoms with van der Waals surface area (Å²) in [6.07, 6.45) is 3.38. The van der Waals surface area contributed by atoms with Crippen molar-refractivity contribution in [1.29, 1.82) is 0 Å². The molecule has 0 saturated carbocycles. The molecule has 1 heterocycles. The minimum absolute atomic E-state index is 0.223. The molecule has 0 aliphatic heterocycles. The first-order valence-electron chi connectivity index (χ1n) is 5.83. The average Bonchev–Trinajstić information content (AvgIpc) is 2.81. The molecule has 0 unspecified atom stereocenters. The zero-order valence-electron chi connectivity index (χ0n) is 9.98. The van der Waals surface area contributed by atoms with E-state index in [0.29, 0.717) is 12.8 Å². The van der Waals surface area contributed by atoms with E-state index in [-0.39, 0.29) is 5.78 Å². The molecule has 2 heteroatoms. The van der Waals surface area contributed by atoms with Crippen molar-refractivity contribution in [2.24, 2.45) is 0 Å². The summed E-state index contributed by atoms with van der Waals surface area (Å²) in [5.41, 5.74) is 2.46. The Hall–Kier alpha value is -1.83.